The van der Waals surface area contributed by atoms with Gasteiger partial charge in [-0.2, -0.15) is 0 Å². The van der Waals surface area contributed by atoms with Crippen LogP contribution in [0.25, 0.3) is 0 Å². The number of carbonyl (C=O) groups excluding carboxylic acids is 1. The van der Waals surface area contributed by atoms with Crippen LogP contribution in [0.2, 0.25) is 0 Å². The quantitative estimate of drug-likeness (QED) is 0.434. The minimum Gasteiger partial charge on any atom is -0.465 e. The number of nitrogens with zero attached hydrogens (tertiary/aromatic N) is 2. The summed E-state index contributed by atoms with van der Waals surface area (Å²) >= 11 is 0. The highest BCUT2D eigenvalue weighted by molar-refractivity contribution is 5.78. The Morgan fingerprint density at radius 2 is 1.90 bits per heavy atom. The Morgan fingerprint density at radius 3 is 2.59 bits per heavy atom. The van der Waals surface area contributed by atoms with Gasteiger partial charge in [0.2, 0.25) is 12.8 Å². The number of fused-ring (bicyclic) bond motifs is 1. The van der Waals surface area contributed by atoms with E-state index in [4.69, 9.17) is 14.2 Å². The summed E-state index contributed by atoms with van der Waals surface area (Å²) in [7, 11) is 1.74. The Hall–Kier alpha value is -3.13. The molecule has 0 bridgehead atoms. The van der Waals surface area contributed by atoms with Gasteiger partial charge in [0.15, 0.2) is 11.5 Å². The van der Waals surface area contributed by atoms with Crippen LogP contribution in [0.4, 0.5) is 0 Å². The minimum atomic E-state index is -1.03. The number of benzene rings is 2. The average Bonchev–Trinajstić information content (AvgIpc) is 3.30. The lowest BCUT2D eigenvalue weighted by Crippen LogP contribution is -2.38. The van der Waals surface area contributed by atoms with Crippen LogP contribution < -0.4 is 9.47 Å². The fourth-order valence-corrected chi connectivity index (χ4v) is 4.42. The molecule has 2 aliphatic rings. The maximum atomic E-state index is 12.9. The van der Waals surface area contributed by atoms with Crippen LogP contribution in [0.3, 0.4) is 0 Å². The van der Waals surface area contributed by atoms with Crippen LogP contribution in [-0.2, 0) is 9.53 Å². The summed E-state index contributed by atoms with van der Waals surface area (Å²) in [5.74, 6) is -0.0558. The van der Waals surface area contributed by atoms with Gasteiger partial charge in [-0.05, 0) is 37.2 Å². The first kappa shape index (κ1) is 19.2. The lowest BCUT2D eigenvalue weighted by molar-refractivity contribution is -0.528. The SMILES string of the molecule is CCOC(=O)[C@@H]1[C@H](c2ccc3c(c2)OCO3)[C@H]([N+](=O)[O-])[C@@H](c2ccccc2)N1C. The molecule has 0 spiro atoms. The topological polar surface area (TPSA) is 91.1 Å². The van der Waals surface area contributed by atoms with Gasteiger partial charge in [-0.1, -0.05) is 36.4 Å². The molecular formula is C21H22N2O6. The molecule has 0 unspecified atom stereocenters. The molecule has 0 amide bonds. The van der Waals surface area contributed by atoms with Gasteiger partial charge in [-0.15, -0.1) is 0 Å². The summed E-state index contributed by atoms with van der Waals surface area (Å²) < 4.78 is 16.1. The fourth-order valence-electron chi connectivity index (χ4n) is 4.42. The fraction of sp³-hybridized carbons (Fsp3) is 0.381. The Balaban J connectivity index is 1.83. The largest absolute Gasteiger partial charge is 0.465 e. The van der Waals surface area contributed by atoms with E-state index in [1.807, 2.05) is 30.3 Å². The molecule has 4 atom stereocenters. The normalized spacial score (nSPS) is 25.7. The van der Waals surface area contributed by atoms with E-state index in [0.717, 1.165) is 5.56 Å². The van der Waals surface area contributed by atoms with E-state index in [1.165, 1.54) is 0 Å². The number of rotatable bonds is 5. The Morgan fingerprint density at radius 1 is 1.17 bits per heavy atom. The van der Waals surface area contributed by atoms with Crippen LogP contribution in [0.1, 0.15) is 30.0 Å². The van der Waals surface area contributed by atoms with E-state index < -0.39 is 30.0 Å². The summed E-state index contributed by atoms with van der Waals surface area (Å²) in [6, 6.07) is 12.1. The van der Waals surface area contributed by atoms with Crippen molar-refractivity contribution in [3.05, 3.63) is 69.8 Å². The molecule has 2 aromatic rings. The number of likely N-dealkylation sites (tertiary alicyclic amines) is 1. The summed E-state index contributed by atoms with van der Waals surface area (Å²) in [6.07, 6.45) is 0. The minimum absolute atomic E-state index is 0.107. The van der Waals surface area contributed by atoms with E-state index >= 15 is 0 Å². The number of hydrogen-bond donors (Lipinski definition) is 0. The average molecular weight is 398 g/mol. The van der Waals surface area contributed by atoms with Crippen LogP contribution in [0.15, 0.2) is 48.5 Å². The number of carbonyl (C=O) groups is 1. The van der Waals surface area contributed by atoms with E-state index in [1.54, 1.807) is 37.1 Å². The van der Waals surface area contributed by atoms with Gasteiger partial charge < -0.3 is 14.2 Å². The maximum absolute atomic E-state index is 12.9. The van der Waals surface area contributed by atoms with Crippen molar-refractivity contribution in [3.8, 4) is 11.5 Å². The molecule has 0 saturated carbocycles. The highest BCUT2D eigenvalue weighted by Crippen LogP contribution is 2.48. The molecule has 4 rings (SSSR count). The van der Waals surface area contributed by atoms with E-state index in [0.29, 0.717) is 17.1 Å². The number of esters is 1. The first-order valence-corrected chi connectivity index (χ1v) is 9.49. The van der Waals surface area contributed by atoms with Crippen molar-refractivity contribution in [1.29, 1.82) is 0 Å². The van der Waals surface area contributed by atoms with Crippen molar-refractivity contribution in [3.63, 3.8) is 0 Å². The van der Waals surface area contributed by atoms with Crippen molar-refractivity contribution in [2.24, 2.45) is 0 Å². The smallest absolute Gasteiger partial charge is 0.324 e. The summed E-state index contributed by atoms with van der Waals surface area (Å²) in [5, 5.41) is 12.2. The zero-order valence-electron chi connectivity index (χ0n) is 16.2. The van der Waals surface area contributed by atoms with Crippen LogP contribution in [0.5, 0.6) is 11.5 Å². The van der Waals surface area contributed by atoms with Crippen molar-refractivity contribution in [2.45, 2.75) is 31.0 Å². The number of likely N-dealkylation sites (N-methyl/N-ethyl adjacent to an activating group) is 1. The molecule has 152 valence electrons. The van der Waals surface area contributed by atoms with Crippen LogP contribution >= 0.6 is 0 Å². The number of ether oxygens (including phenoxy) is 3. The van der Waals surface area contributed by atoms with Crippen LogP contribution in [-0.4, -0.2) is 48.3 Å². The van der Waals surface area contributed by atoms with Crippen molar-refractivity contribution >= 4 is 5.97 Å². The monoisotopic (exact) mass is 398 g/mol. The zero-order valence-corrected chi connectivity index (χ0v) is 16.2. The second kappa shape index (κ2) is 7.71. The second-order valence-electron chi connectivity index (χ2n) is 7.13. The van der Waals surface area contributed by atoms with Gasteiger partial charge in [0.25, 0.3) is 0 Å². The van der Waals surface area contributed by atoms with Gasteiger partial charge in [-0.25, -0.2) is 0 Å². The van der Waals surface area contributed by atoms with E-state index in [-0.39, 0.29) is 18.3 Å². The molecule has 0 N–H and O–H groups in total. The Labute approximate surface area is 168 Å². The molecule has 2 aliphatic heterocycles. The van der Waals surface area contributed by atoms with Gasteiger partial charge in [0.05, 0.1) is 12.5 Å². The first-order valence-electron chi connectivity index (χ1n) is 9.49. The van der Waals surface area contributed by atoms with E-state index in [9.17, 15) is 14.9 Å². The Bertz CT molecular complexity index is 919. The van der Waals surface area contributed by atoms with Crippen LogP contribution in [0, 0.1) is 10.1 Å². The highest BCUT2D eigenvalue weighted by Gasteiger charge is 2.58. The maximum Gasteiger partial charge on any atom is 0.324 e. The molecule has 0 radical (unpaired) electrons. The third kappa shape index (κ3) is 3.29. The summed E-state index contributed by atoms with van der Waals surface area (Å²) in [5.41, 5.74) is 1.44. The standard InChI is InChI=1S/C21H22N2O6/c1-3-27-21(24)20-17(14-9-10-15-16(11-14)29-12-28-15)19(23(25)26)18(22(20)2)13-7-5-4-6-8-13/h4-11,17-20H,3,12H2,1-2H3/t17-,18-,19+,20+/m1/s1. The predicted molar refractivity (Wildman–Crippen MR) is 103 cm³/mol. The molecular weight excluding hydrogens is 376 g/mol. The zero-order chi connectivity index (χ0) is 20.5. The van der Waals surface area contributed by atoms with Gasteiger partial charge in [0.1, 0.15) is 12.1 Å². The predicted octanol–water partition coefficient (Wildman–Crippen LogP) is 2.76. The van der Waals surface area contributed by atoms with Gasteiger partial charge >= 0.3 is 5.97 Å². The number of nitro groups is 1. The third-order valence-corrected chi connectivity index (χ3v) is 5.60. The number of hydrogen-bond acceptors (Lipinski definition) is 7. The first-order chi connectivity index (χ1) is 14.0. The highest BCUT2D eigenvalue weighted by atomic mass is 16.7. The van der Waals surface area contributed by atoms with E-state index in [2.05, 4.69) is 0 Å². The molecule has 2 aromatic carbocycles. The summed E-state index contributed by atoms with van der Waals surface area (Å²) in [6.45, 7) is 2.04. The molecule has 8 nitrogen and oxygen atoms in total. The molecule has 0 aliphatic carbocycles. The lowest BCUT2D eigenvalue weighted by Gasteiger charge is -2.24. The lowest BCUT2D eigenvalue weighted by atomic mass is 9.85. The van der Waals surface area contributed by atoms with Gasteiger partial charge in [0, 0.05) is 4.92 Å². The van der Waals surface area contributed by atoms with Crippen molar-refractivity contribution in [2.75, 3.05) is 20.4 Å². The molecule has 1 fully saturated rings. The van der Waals surface area contributed by atoms with Crippen molar-refractivity contribution < 1.29 is 23.9 Å². The molecule has 29 heavy (non-hydrogen) atoms. The molecule has 1 saturated heterocycles. The Kier molecular flexibility index (Phi) is 5.10. The van der Waals surface area contributed by atoms with Gasteiger partial charge in [-0.3, -0.25) is 19.8 Å². The molecule has 2 heterocycles. The second-order valence-corrected chi connectivity index (χ2v) is 7.13. The van der Waals surface area contributed by atoms with Crippen molar-refractivity contribution in [1.82, 2.24) is 4.90 Å². The molecule has 8 heteroatoms. The summed E-state index contributed by atoms with van der Waals surface area (Å²) in [4.78, 5) is 26.6. The third-order valence-electron chi connectivity index (χ3n) is 5.60. The molecule has 0 aromatic heterocycles.